The van der Waals surface area contributed by atoms with E-state index in [-0.39, 0.29) is 24.0 Å². The Kier molecular flexibility index (Phi) is 10.4. The molecule has 0 spiro atoms. The van der Waals surface area contributed by atoms with E-state index in [1.807, 2.05) is 0 Å². The molecular formula is C20H35IN4. The van der Waals surface area contributed by atoms with Crippen LogP contribution in [0.5, 0.6) is 0 Å². The monoisotopic (exact) mass is 458 g/mol. The van der Waals surface area contributed by atoms with Gasteiger partial charge in [0.2, 0.25) is 0 Å². The predicted molar refractivity (Wildman–Crippen MR) is 119 cm³/mol. The summed E-state index contributed by atoms with van der Waals surface area (Å²) in [6.45, 7) is 13.0. The molecule has 5 heteroatoms. The van der Waals surface area contributed by atoms with Crippen LogP contribution < -0.4 is 5.32 Å². The molecule has 0 aromatic heterocycles. The van der Waals surface area contributed by atoms with Crippen molar-refractivity contribution in [3.63, 3.8) is 0 Å². The van der Waals surface area contributed by atoms with E-state index in [9.17, 15) is 0 Å². The molecule has 1 aliphatic rings. The number of nitrogens with zero attached hydrogens (tertiary/aromatic N) is 3. The molecule has 0 saturated carbocycles. The zero-order valence-electron chi connectivity index (χ0n) is 16.3. The molecule has 1 heterocycles. The molecule has 0 amide bonds. The van der Waals surface area contributed by atoms with Crippen molar-refractivity contribution in [3.05, 3.63) is 35.4 Å². The van der Waals surface area contributed by atoms with E-state index in [0.29, 0.717) is 5.92 Å². The first-order chi connectivity index (χ1) is 11.6. The highest BCUT2D eigenvalue weighted by Crippen LogP contribution is 2.17. The molecule has 0 aliphatic carbocycles. The van der Waals surface area contributed by atoms with Crippen LogP contribution >= 0.6 is 24.0 Å². The molecule has 0 radical (unpaired) electrons. The molecule has 142 valence electrons. The topological polar surface area (TPSA) is 30.9 Å². The summed E-state index contributed by atoms with van der Waals surface area (Å²) in [5.41, 5.74) is 2.70. The Morgan fingerprint density at radius 1 is 1.32 bits per heavy atom. The van der Waals surface area contributed by atoms with Crippen molar-refractivity contribution in [2.24, 2.45) is 10.9 Å². The molecular weight excluding hydrogens is 423 g/mol. The van der Waals surface area contributed by atoms with Crippen LogP contribution in [0.1, 0.15) is 37.8 Å². The standard InChI is InChI=1S/C20H34N4.HI/c1-5-12-24-13-11-18(15-24)14-22-20(21-6-2)23(4)16-19-10-8-7-9-17(19)3;/h7-10,18H,5-6,11-16H2,1-4H3,(H,21,22);1H. The lowest BCUT2D eigenvalue weighted by molar-refractivity contribution is 0.326. The van der Waals surface area contributed by atoms with Gasteiger partial charge in [0.05, 0.1) is 0 Å². The van der Waals surface area contributed by atoms with Gasteiger partial charge in [0.15, 0.2) is 5.96 Å². The molecule has 25 heavy (non-hydrogen) atoms. The first kappa shape index (κ1) is 22.2. The maximum absolute atomic E-state index is 4.92. The lowest BCUT2D eigenvalue weighted by atomic mass is 10.1. The number of nitrogens with one attached hydrogen (secondary N) is 1. The molecule has 1 unspecified atom stereocenters. The van der Waals surface area contributed by atoms with E-state index in [1.54, 1.807) is 0 Å². The molecule has 0 bridgehead atoms. The van der Waals surface area contributed by atoms with Crippen molar-refractivity contribution in [2.45, 2.75) is 40.2 Å². The van der Waals surface area contributed by atoms with Crippen molar-refractivity contribution in [3.8, 4) is 0 Å². The van der Waals surface area contributed by atoms with Crippen LogP contribution in [-0.4, -0.2) is 55.5 Å². The molecule has 1 aromatic rings. The third-order valence-electron chi connectivity index (χ3n) is 4.77. The maximum atomic E-state index is 4.92. The van der Waals surface area contributed by atoms with Gasteiger partial charge < -0.3 is 15.1 Å². The number of likely N-dealkylation sites (tertiary alicyclic amines) is 1. The second kappa shape index (κ2) is 11.7. The van der Waals surface area contributed by atoms with E-state index in [4.69, 9.17) is 4.99 Å². The largest absolute Gasteiger partial charge is 0.357 e. The SMILES string of the molecule is CCCN1CCC(CN=C(NCC)N(C)Cc2ccccc2C)C1.I. The average Bonchev–Trinajstić information content (AvgIpc) is 3.01. The fourth-order valence-electron chi connectivity index (χ4n) is 3.38. The first-order valence-electron chi connectivity index (χ1n) is 9.40. The lowest BCUT2D eigenvalue weighted by Gasteiger charge is -2.23. The average molecular weight is 458 g/mol. The summed E-state index contributed by atoms with van der Waals surface area (Å²) >= 11 is 0. The van der Waals surface area contributed by atoms with Gasteiger partial charge >= 0.3 is 0 Å². The van der Waals surface area contributed by atoms with Gasteiger partial charge in [-0.05, 0) is 56.8 Å². The summed E-state index contributed by atoms with van der Waals surface area (Å²) in [4.78, 5) is 9.73. The van der Waals surface area contributed by atoms with Gasteiger partial charge in [0, 0.05) is 33.2 Å². The number of aliphatic imine (C=N–C) groups is 1. The Hall–Kier alpha value is -0.820. The molecule has 1 atom stereocenters. The molecule has 1 saturated heterocycles. The van der Waals surface area contributed by atoms with Gasteiger partial charge in [0.25, 0.3) is 0 Å². The van der Waals surface area contributed by atoms with Crippen molar-refractivity contribution >= 4 is 29.9 Å². The van der Waals surface area contributed by atoms with Gasteiger partial charge in [-0.1, -0.05) is 31.2 Å². The molecule has 1 fully saturated rings. The second-order valence-electron chi connectivity index (χ2n) is 6.93. The van der Waals surface area contributed by atoms with Crippen molar-refractivity contribution in [1.82, 2.24) is 15.1 Å². The maximum Gasteiger partial charge on any atom is 0.193 e. The first-order valence-corrected chi connectivity index (χ1v) is 9.40. The Morgan fingerprint density at radius 3 is 2.76 bits per heavy atom. The van der Waals surface area contributed by atoms with Crippen molar-refractivity contribution in [1.29, 1.82) is 0 Å². The van der Waals surface area contributed by atoms with E-state index in [1.165, 1.54) is 43.6 Å². The van der Waals surface area contributed by atoms with Crippen LogP contribution in [0.2, 0.25) is 0 Å². The molecule has 4 nitrogen and oxygen atoms in total. The summed E-state index contributed by atoms with van der Waals surface area (Å²) in [7, 11) is 2.13. The second-order valence-corrected chi connectivity index (χ2v) is 6.93. The Bertz CT molecular complexity index is 532. The zero-order valence-corrected chi connectivity index (χ0v) is 18.6. The quantitative estimate of drug-likeness (QED) is 0.384. The number of guanidine groups is 1. The number of hydrogen-bond donors (Lipinski definition) is 1. The van der Waals surface area contributed by atoms with E-state index in [2.05, 4.69) is 67.2 Å². The zero-order chi connectivity index (χ0) is 17.4. The van der Waals surface area contributed by atoms with E-state index >= 15 is 0 Å². The lowest BCUT2D eigenvalue weighted by Crippen LogP contribution is -2.39. The van der Waals surface area contributed by atoms with Crippen molar-refractivity contribution < 1.29 is 0 Å². The minimum Gasteiger partial charge on any atom is -0.357 e. The van der Waals surface area contributed by atoms with Crippen LogP contribution in [0, 0.1) is 12.8 Å². The summed E-state index contributed by atoms with van der Waals surface area (Å²) < 4.78 is 0. The Balaban J connectivity index is 0.00000312. The normalized spacial score (nSPS) is 18.1. The van der Waals surface area contributed by atoms with Gasteiger partial charge in [-0.2, -0.15) is 0 Å². The third kappa shape index (κ3) is 7.13. The fourth-order valence-corrected chi connectivity index (χ4v) is 3.38. The highest BCUT2D eigenvalue weighted by molar-refractivity contribution is 14.0. The van der Waals surface area contributed by atoms with Gasteiger partial charge in [-0.15, -0.1) is 24.0 Å². The highest BCUT2D eigenvalue weighted by atomic mass is 127. The summed E-state index contributed by atoms with van der Waals surface area (Å²) in [5.74, 6) is 1.73. The Labute approximate surface area is 171 Å². The number of benzene rings is 1. The molecule has 2 rings (SSSR count). The Morgan fingerprint density at radius 2 is 2.08 bits per heavy atom. The van der Waals surface area contributed by atoms with Gasteiger partial charge in [-0.3, -0.25) is 4.99 Å². The predicted octanol–water partition coefficient (Wildman–Crippen LogP) is 3.74. The number of rotatable bonds is 7. The fraction of sp³-hybridized carbons (Fsp3) is 0.650. The van der Waals surface area contributed by atoms with Crippen LogP contribution in [0.3, 0.4) is 0 Å². The molecule has 1 N–H and O–H groups in total. The van der Waals surface area contributed by atoms with Crippen LogP contribution in [0.25, 0.3) is 0 Å². The molecule has 1 aliphatic heterocycles. The van der Waals surface area contributed by atoms with Gasteiger partial charge in [0.1, 0.15) is 0 Å². The van der Waals surface area contributed by atoms with Crippen LogP contribution in [0.4, 0.5) is 0 Å². The summed E-state index contributed by atoms with van der Waals surface area (Å²) in [5, 5.41) is 3.44. The van der Waals surface area contributed by atoms with Gasteiger partial charge in [-0.25, -0.2) is 0 Å². The number of aryl methyl sites for hydroxylation is 1. The van der Waals surface area contributed by atoms with E-state index < -0.39 is 0 Å². The smallest absolute Gasteiger partial charge is 0.193 e. The minimum atomic E-state index is 0. The third-order valence-corrected chi connectivity index (χ3v) is 4.77. The number of hydrogen-bond acceptors (Lipinski definition) is 2. The highest BCUT2D eigenvalue weighted by Gasteiger charge is 2.21. The van der Waals surface area contributed by atoms with E-state index in [0.717, 1.165) is 25.6 Å². The molecule has 1 aromatic carbocycles. The number of halogens is 1. The van der Waals surface area contributed by atoms with Crippen LogP contribution in [-0.2, 0) is 6.54 Å². The summed E-state index contributed by atoms with van der Waals surface area (Å²) in [6, 6.07) is 8.59. The minimum absolute atomic E-state index is 0. The van der Waals surface area contributed by atoms with Crippen molar-refractivity contribution in [2.75, 3.05) is 39.8 Å². The summed E-state index contributed by atoms with van der Waals surface area (Å²) in [6.07, 6.45) is 2.53. The van der Waals surface area contributed by atoms with Crippen LogP contribution in [0.15, 0.2) is 29.3 Å².